The molecule has 3 heterocycles. The van der Waals surface area contributed by atoms with Gasteiger partial charge in [-0.15, -0.1) is 0 Å². The van der Waals surface area contributed by atoms with Crippen LogP contribution >= 0.6 is 0 Å². The molecule has 2 fully saturated rings. The Kier molecular flexibility index (Phi) is 6.27. The van der Waals surface area contributed by atoms with Gasteiger partial charge in [-0.25, -0.2) is 13.4 Å². The predicted octanol–water partition coefficient (Wildman–Crippen LogP) is 4.79. The van der Waals surface area contributed by atoms with E-state index in [0.717, 1.165) is 48.3 Å². The van der Waals surface area contributed by atoms with Gasteiger partial charge in [0.15, 0.2) is 0 Å². The number of sulfonamides is 1. The second-order valence-electron chi connectivity index (χ2n) is 10.1. The van der Waals surface area contributed by atoms with Gasteiger partial charge in [0.25, 0.3) is 0 Å². The molecule has 10 heteroatoms. The Labute approximate surface area is 222 Å². The van der Waals surface area contributed by atoms with E-state index in [1.165, 1.54) is 5.56 Å². The number of carbonyl (C=O) groups excluding carboxylic acids is 1. The number of amides is 1. The quantitative estimate of drug-likeness (QED) is 0.356. The number of hydrogen-bond donors (Lipinski definition) is 2. The average Bonchev–Trinajstić information content (AvgIpc) is 3.70. The molecule has 2 aliphatic rings. The summed E-state index contributed by atoms with van der Waals surface area (Å²) in [5.74, 6) is 1.09. The van der Waals surface area contributed by atoms with Crippen molar-refractivity contribution >= 4 is 44.3 Å². The number of fused-ring (bicyclic) bond motifs is 1. The van der Waals surface area contributed by atoms with Crippen LogP contribution < -0.4 is 10.0 Å². The van der Waals surface area contributed by atoms with Crippen molar-refractivity contribution in [2.24, 2.45) is 0 Å². The number of anilines is 3. The van der Waals surface area contributed by atoms with E-state index in [1.54, 1.807) is 19.2 Å². The molecule has 2 aromatic heterocycles. The van der Waals surface area contributed by atoms with Crippen molar-refractivity contribution in [3.05, 3.63) is 72.6 Å². The van der Waals surface area contributed by atoms with Crippen LogP contribution in [0, 0.1) is 0 Å². The minimum Gasteiger partial charge on any atom is -0.343 e. The van der Waals surface area contributed by atoms with Crippen LogP contribution in [0.4, 0.5) is 17.3 Å². The van der Waals surface area contributed by atoms with Gasteiger partial charge in [-0.05, 0) is 73.6 Å². The Morgan fingerprint density at radius 2 is 1.74 bits per heavy atom. The molecule has 0 atom stereocenters. The van der Waals surface area contributed by atoms with Gasteiger partial charge in [-0.3, -0.25) is 9.52 Å². The lowest BCUT2D eigenvalue weighted by Crippen LogP contribution is -2.36. The van der Waals surface area contributed by atoms with Gasteiger partial charge in [-0.1, -0.05) is 18.2 Å². The Hall–Kier alpha value is -3.92. The van der Waals surface area contributed by atoms with E-state index in [9.17, 15) is 13.2 Å². The highest BCUT2D eigenvalue weighted by Crippen LogP contribution is 2.31. The molecule has 6 rings (SSSR count). The van der Waals surface area contributed by atoms with Crippen molar-refractivity contribution in [3.63, 3.8) is 0 Å². The van der Waals surface area contributed by atoms with Crippen molar-refractivity contribution < 1.29 is 13.2 Å². The third kappa shape index (κ3) is 5.08. The number of benzene rings is 2. The molecule has 2 aromatic carbocycles. The van der Waals surface area contributed by atoms with Crippen molar-refractivity contribution in [1.82, 2.24) is 19.4 Å². The van der Waals surface area contributed by atoms with Crippen LogP contribution in [0.1, 0.15) is 44.1 Å². The number of rotatable bonds is 7. The highest BCUT2D eigenvalue weighted by atomic mass is 32.2. The van der Waals surface area contributed by atoms with Gasteiger partial charge < -0.3 is 14.8 Å². The van der Waals surface area contributed by atoms with Gasteiger partial charge >= 0.3 is 0 Å². The summed E-state index contributed by atoms with van der Waals surface area (Å²) in [7, 11) is -3.34. The van der Waals surface area contributed by atoms with Crippen molar-refractivity contribution in [2.75, 3.05) is 23.1 Å². The van der Waals surface area contributed by atoms with Crippen molar-refractivity contribution in [1.29, 1.82) is 0 Å². The number of carbonyl (C=O) groups is 1. The molecule has 1 saturated heterocycles. The molecule has 1 aliphatic carbocycles. The average molecular weight is 531 g/mol. The summed E-state index contributed by atoms with van der Waals surface area (Å²) in [6.07, 6.45) is 7.07. The number of piperidine rings is 1. The Morgan fingerprint density at radius 3 is 2.45 bits per heavy atom. The topological polar surface area (TPSA) is 109 Å². The van der Waals surface area contributed by atoms with Crippen LogP contribution in [0.5, 0.6) is 0 Å². The van der Waals surface area contributed by atoms with Gasteiger partial charge in [0.05, 0.1) is 10.9 Å². The van der Waals surface area contributed by atoms with E-state index in [0.29, 0.717) is 30.4 Å². The highest BCUT2D eigenvalue weighted by Gasteiger charge is 2.35. The summed E-state index contributed by atoms with van der Waals surface area (Å²) in [5, 5.41) is 3.90. The number of nitrogens with one attached hydrogen (secondary N) is 2. The Balaban J connectivity index is 1.18. The summed E-state index contributed by atoms with van der Waals surface area (Å²) in [6, 6.07) is 17.6. The molecule has 1 saturated carbocycles. The summed E-state index contributed by atoms with van der Waals surface area (Å²) < 4.78 is 29.4. The van der Waals surface area contributed by atoms with Gasteiger partial charge in [-0.2, -0.15) is 4.98 Å². The van der Waals surface area contributed by atoms with Crippen LogP contribution in [0.2, 0.25) is 0 Å². The molecule has 1 aliphatic heterocycles. The van der Waals surface area contributed by atoms with Gasteiger partial charge in [0.1, 0.15) is 5.65 Å². The lowest BCUT2D eigenvalue weighted by Gasteiger charge is -2.31. The number of nitrogens with zero attached hydrogens (tertiary/aromatic N) is 4. The Morgan fingerprint density at radius 1 is 0.974 bits per heavy atom. The smallest absolute Gasteiger partial charge is 0.235 e. The lowest BCUT2D eigenvalue weighted by molar-refractivity contribution is -0.129. The fourth-order valence-electron chi connectivity index (χ4n) is 5.03. The molecule has 38 heavy (non-hydrogen) atoms. The zero-order valence-electron chi connectivity index (χ0n) is 21.2. The molecule has 0 spiro atoms. The predicted molar refractivity (Wildman–Crippen MR) is 148 cm³/mol. The molecule has 1 amide bonds. The first-order valence-corrected chi connectivity index (χ1v) is 14.5. The van der Waals surface area contributed by atoms with Gasteiger partial charge in [0.2, 0.25) is 21.9 Å². The third-order valence-corrected chi connectivity index (χ3v) is 9.22. The SMILES string of the molecule is CC(=O)N1CCC(c2ccc(Nc3ncc4ccn(-c5cccc(NS(=O)(=O)C6CC6)c5)c4n3)cc2)CC1. The molecule has 4 aromatic rings. The van der Waals surface area contributed by atoms with Crippen LogP contribution in [-0.4, -0.2) is 52.1 Å². The number of likely N-dealkylation sites (tertiary alicyclic amines) is 1. The van der Waals surface area contributed by atoms with Crippen molar-refractivity contribution in [2.45, 2.75) is 43.8 Å². The fourth-order valence-corrected chi connectivity index (χ4v) is 6.41. The minimum absolute atomic E-state index is 0.150. The molecule has 0 radical (unpaired) electrons. The van der Waals surface area contributed by atoms with E-state index in [1.807, 2.05) is 52.1 Å². The molecule has 0 bridgehead atoms. The van der Waals surface area contributed by atoms with E-state index < -0.39 is 10.0 Å². The fraction of sp³-hybridized carbons (Fsp3) is 0.321. The first-order valence-electron chi connectivity index (χ1n) is 12.9. The van der Waals surface area contributed by atoms with E-state index in [-0.39, 0.29) is 11.2 Å². The van der Waals surface area contributed by atoms with E-state index in [4.69, 9.17) is 4.98 Å². The standard InChI is InChI=1S/C28H30N6O3S/c1-19(35)33-14-11-21(12-15-33)20-5-7-23(8-6-20)30-28-29-18-22-13-16-34(27(22)31-28)25-4-2-3-24(17-25)32-38(36,37)26-9-10-26/h2-8,13,16-18,21,26,32H,9-12,14-15H2,1H3,(H,29,30,31). The van der Waals surface area contributed by atoms with E-state index in [2.05, 4.69) is 27.2 Å². The maximum atomic E-state index is 12.4. The summed E-state index contributed by atoms with van der Waals surface area (Å²) in [4.78, 5) is 22.7. The normalized spacial score (nSPS) is 16.5. The molecule has 196 valence electrons. The van der Waals surface area contributed by atoms with E-state index >= 15 is 0 Å². The van der Waals surface area contributed by atoms with Crippen LogP contribution in [0.3, 0.4) is 0 Å². The highest BCUT2D eigenvalue weighted by molar-refractivity contribution is 7.93. The number of aromatic nitrogens is 3. The zero-order valence-corrected chi connectivity index (χ0v) is 22.0. The largest absolute Gasteiger partial charge is 0.343 e. The van der Waals surface area contributed by atoms with Gasteiger partial charge in [0, 0.05) is 49.2 Å². The van der Waals surface area contributed by atoms with Crippen LogP contribution in [0.15, 0.2) is 67.0 Å². The molecule has 0 unspecified atom stereocenters. The lowest BCUT2D eigenvalue weighted by atomic mass is 9.89. The van der Waals surface area contributed by atoms with Crippen LogP contribution in [-0.2, 0) is 14.8 Å². The second-order valence-corrected chi connectivity index (χ2v) is 12.0. The molecule has 2 N–H and O–H groups in total. The number of hydrogen-bond acceptors (Lipinski definition) is 6. The second kappa shape index (κ2) is 9.75. The maximum absolute atomic E-state index is 12.4. The Bertz CT molecular complexity index is 1590. The minimum atomic E-state index is -3.34. The third-order valence-electron chi connectivity index (χ3n) is 7.35. The molecular formula is C28H30N6O3S. The summed E-state index contributed by atoms with van der Waals surface area (Å²) in [6.45, 7) is 3.25. The first kappa shape index (κ1) is 24.4. The van der Waals surface area contributed by atoms with Crippen molar-refractivity contribution in [3.8, 4) is 5.69 Å². The summed E-state index contributed by atoms with van der Waals surface area (Å²) in [5.41, 5.74) is 4.24. The first-order chi connectivity index (χ1) is 18.4. The zero-order chi connectivity index (χ0) is 26.3. The molecule has 9 nitrogen and oxygen atoms in total. The monoisotopic (exact) mass is 530 g/mol. The molecular weight excluding hydrogens is 500 g/mol. The van der Waals surface area contributed by atoms with Crippen LogP contribution in [0.25, 0.3) is 16.7 Å². The summed E-state index contributed by atoms with van der Waals surface area (Å²) >= 11 is 0. The maximum Gasteiger partial charge on any atom is 0.235 e.